The minimum absolute atomic E-state index is 0.152. The Balaban J connectivity index is 1.56. The summed E-state index contributed by atoms with van der Waals surface area (Å²) in [7, 11) is 0. The van der Waals surface area contributed by atoms with Crippen LogP contribution in [0.15, 0.2) is 53.7 Å². The van der Waals surface area contributed by atoms with Crippen molar-refractivity contribution in [3.8, 4) is 11.4 Å². The molecular formula is C18H16ClFN4OS. The van der Waals surface area contributed by atoms with Crippen molar-refractivity contribution in [1.29, 1.82) is 0 Å². The normalized spacial score (nSPS) is 12.0. The zero-order chi connectivity index (χ0) is 18.5. The maximum atomic E-state index is 13.8. The first kappa shape index (κ1) is 18.4. The summed E-state index contributed by atoms with van der Waals surface area (Å²) in [6.07, 6.45) is 0. The number of hydrogen-bond acceptors (Lipinski definition) is 4. The second kappa shape index (κ2) is 8.33. The van der Waals surface area contributed by atoms with Gasteiger partial charge in [-0.15, -0.1) is 5.10 Å². The molecule has 134 valence electrons. The molecule has 1 amide bonds. The van der Waals surface area contributed by atoms with E-state index in [4.69, 9.17) is 11.6 Å². The van der Waals surface area contributed by atoms with E-state index in [0.29, 0.717) is 21.6 Å². The molecule has 2 aromatic carbocycles. The molecule has 0 aliphatic heterocycles. The first-order valence-corrected chi connectivity index (χ1v) is 9.24. The van der Waals surface area contributed by atoms with Crippen LogP contribution in [-0.4, -0.2) is 26.8 Å². The van der Waals surface area contributed by atoms with Crippen LogP contribution >= 0.6 is 23.4 Å². The molecule has 0 bridgehead atoms. The average Bonchev–Trinajstić information content (AvgIpc) is 3.09. The fourth-order valence-electron chi connectivity index (χ4n) is 2.36. The number of thioether (sulfide) groups is 1. The standard InChI is InChI=1S/C18H16ClFN4OS/c1-11(12-5-4-6-13(19)9-12)21-16(25)10-26-18-22-17(23-24-18)14-7-2-3-8-15(14)20/h2-9,11H,10H2,1H3,(H,21,25)(H,22,23,24)/t11-/m0/s1. The van der Waals surface area contributed by atoms with Crippen molar-refractivity contribution in [3.63, 3.8) is 0 Å². The maximum absolute atomic E-state index is 13.8. The van der Waals surface area contributed by atoms with Crippen molar-refractivity contribution >= 4 is 29.3 Å². The smallest absolute Gasteiger partial charge is 0.230 e. The number of halogens is 2. The summed E-state index contributed by atoms with van der Waals surface area (Å²) in [5, 5.41) is 10.6. The zero-order valence-electron chi connectivity index (χ0n) is 13.9. The molecule has 0 spiro atoms. The lowest BCUT2D eigenvalue weighted by atomic mass is 10.1. The third-order valence-corrected chi connectivity index (χ3v) is 4.73. The number of carbonyl (C=O) groups is 1. The summed E-state index contributed by atoms with van der Waals surface area (Å²) < 4.78 is 13.8. The van der Waals surface area contributed by atoms with Crippen LogP contribution in [0.25, 0.3) is 11.4 Å². The van der Waals surface area contributed by atoms with Crippen LogP contribution in [0.5, 0.6) is 0 Å². The SMILES string of the molecule is C[C@H](NC(=O)CSc1n[nH]c(-c2ccccc2F)n1)c1cccc(Cl)c1. The summed E-state index contributed by atoms with van der Waals surface area (Å²) in [5.41, 5.74) is 1.27. The number of carbonyl (C=O) groups excluding carboxylic acids is 1. The van der Waals surface area contributed by atoms with Crippen LogP contribution in [0.4, 0.5) is 4.39 Å². The van der Waals surface area contributed by atoms with Gasteiger partial charge >= 0.3 is 0 Å². The quantitative estimate of drug-likeness (QED) is 0.618. The molecule has 8 heteroatoms. The Labute approximate surface area is 159 Å². The highest BCUT2D eigenvalue weighted by molar-refractivity contribution is 7.99. The first-order chi connectivity index (χ1) is 12.5. The lowest BCUT2D eigenvalue weighted by Crippen LogP contribution is -2.28. The Morgan fingerprint density at radius 3 is 2.88 bits per heavy atom. The molecule has 2 N–H and O–H groups in total. The molecule has 3 aromatic rings. The molecule has 0 aliphatic rings. The number of benzene rings is 2. The highest BCUT2D eigenvalue weighted by Gasteiger charge is 2.13. The number of aromatic nitrogens is 3. The molecule has 0 fully saturated rings. The molecule has 0 saturated heterocycles. The molecule has 1 atom stereocenters. The molecule has 3 rings (SSSR count). The third-order valence-electron chi connectivity index (χ3n) is 3.65. The second-order valence-electron chi connectivity index (χ2n) is 5.58. The number of nitrogens with one attached hydrogen (secondary N) is 2. The van der Waals surface area contributed by atoms with Gasteiger partial charge in [0.2, 0.25) is 11.1 Å². The van der Waals surface area contributed by atoms with E-state index in [-0.39, 0.29) is 23.5 Å². The molecule has 0 aliphatic carbocycles. The number of nitrogens with zero attached hydrogens (tertiary/aromatic N) is 2. The summed E-state index contributed by atoms with van der Waals surface area (Å²) in [6.45, 7) is 1.89. The van der Waals surface area contributed by atoms with Gasteiger partial charge in [0.15, 0.2) is 5.82 Å². The van der Waals surface area contributed by atoms with Crippen LogP contribution in [0.3, 0.4) is 0 Å². The molecule has 5 nitrogen and oxygen atoms in total. The van der Waals surface area contributed by atoms with Crippen LogP contribution in [0.1, 0.15) is 18.5 Å². The Morgan fingerprint density at radius 1 is 1.31 bits per heavy atom. The number of aromatic amines is 1. The van der Waals surface area contributed by atoms with Crippen LogP contribution in [0.2, 0.25) is 5.02 Å². The second-order valence-corrected chi connectivity index (χ2v) is 6.96. The van der Waals surface area contributed by atoms with Crippen molar-refractivity contribution < 1.29 is 9.18 Å². The van der Waals surface area contributed by atoms with E-state index in [1.165, 1.54) is 17.8 Å². The molecule has 0 radical (unpaired) electrons. The molecule has 0 saturated carbocycles. The Kier molecular flexibility index (Phi) is 5.90. The van der Waals surface area contributed by atoms with Gasteiger partial charge in [-0.25, -0.2) is 9.37 Å². The zero-order valence-corrected chi connectivity index (χ0v) is 15.4. The van der Waals surface area contributed by atoms with Crippen molar-refractivity contribution in [2.45, 2.75) is 18.1 Å². The van der Waals surface area contributed by atoms with Crippen molar-refractivity contribution in [2.24, 2.45) is 0 Å². The van der Waals surface area contributed by atoms with E-state index in [1.807, 2.05) is 25.1 Å². The van der Waals surface area contributed by atoms with Crippen molar-refractivity contribution in [2.75, 3.05) is 5.75 Å². The Morgan fingerprint density at radius 2 is 2.12 bits per heavy atom. The van der Waals surface area contributed by atoms with Crippen molar-refractivity contribution in [3.05, 3.63) is 64.9 Å². The maximum Gasteiger partial charge on any atom is 0.230 e. The first-order valence-electron chi connectivity index (χ1n) is 7.88. The highest BCUT2D eigenvalue weighted by atomic mass is 35.5. The van der Waals surface area contributed by atoms with E-state index in [1.54, 1.807) is 24.3 Å². The molecule has 0 unspecified atom stereocenters. The predicted molar refractivity (Wildman–Crippen MR) is 101 cm³/mol. The van der Waals surface area contributed by atoms with Crippen LogP contribution < -0.4 is 5.32 Å². The van der Waals surface area contributed by atoms with Crippen LogP contribution in [-0.2, 0) is 4.79 Å². The minimum Gasteiger partial charge on any atom is -0.349 e. The largest absolute Gasteiger partial charge is 0.349 e. The van der Waals surface area contributed by atoms with Gasteiger partial charge in [0.25, 0.3) is 0 Å². The fourth-order valence-corrected chi connectivity index (χ4v) is 3.17. The predicted octanol–water partition coefficient (Wildman–Crippen LogP) is 4.23. The van der Waals surface area contributed by atoms with E-state index >= 15 is 0 Å². The van der Waals surface area contributed by atoms with Crippen LogP contribution in [0, 0.1) is 5.82 Å². The number of H-pyrrole nitrogens is 1. The van der Waals surface area contributed by atoms with Gasteiger partial charge in [-0.3, -0.25) is 9.89 Å². The summed E-state index contributed by atoms with van der Waals surface area (Å²) >= 11 is 7.14. The van der Waals surface area contributed by atoms with E-state index in [2.05, 4.69) is 20.5 Å². The Hall–Kier alpha value is -2.38. The fraction of sp³-hybridized carbons (Fsp3) is 0.167. The summed E-state index contributed by atoms with van der Waals surface area (Å²) in [6, 6.07) is 13.5. The van der Waals surface area contributed by atoms with Gasteiger partial charge in [0, 0.05) is 5.02 Å². The number of amides is 1. The third kappa shape index (κ3) is 4.62. The highest BCUT2D eigenvalue weighted by Crippen LogP contribution is 2.22. The number of hydrogen-bond donors (Lipinski definition) is 2. The molecular weight excluding hydrogens is 375 g/mol. The van der Waals surface area contributed by atoms with E-state index < -0.39 is 0 Å². The van der Waals surface area contributed by atoms with Gasteiger partial charge < -0.3 is 5.32 Å². The lowest BCUT2D eigenvalue weighted by Gasteiger charge is -2.14. The molecule has 1 heterocycles. The minimum atomic E-state index is -0.381. The van der Waals surface area contributed by atoms with Crippen molar-refractivity contribution in [1.82, 2.24) is 20.5 Å². The summed E-state index contributed by atoms with van der Waals surface area (Å²) in [5.74, 6) is -0.0502. The van der Waals surface area contributed by atoms with E-state index in [9.17, 15) is 9.18 Å². The van der Waals surface area contributed by atoms with Gasteiger partial charge in [0.1, 0.15) is 5.82 Å². The van der Waals surface area contributed by atoms with Gasteiger partial charge in [-0.2, -0.15) is 0 Å². The molecule has 1 aromatic heterocycles. The number of rotatable bonds is 6. The Bertz CT molecular complexity index is 917. The van der Waals surface area contributed by atoms with Gasteiger partial charge in [-0.05, 0) is 36.8 Å². The lowest BCUT2D eigenvalue weighted by molar-refractivity contribution is -0.119. The van der Waals surface area contributed by atoms with Gasteiger partial charge in [0.05, 0.1) is 17.4 Å². The summed E-state index contributed by atoms with van der Waals surface area (Å²) in [4.78, 5) is 16.3. The topological polar surface area (TPSA) is 70.7 Å². The molecule has 26 heavy (non-hydrogen) atoms. The van der Waals surface area contributed by atoms with Gasteiger partial charge in [-0.1, -0.05) is 47.6 Å². The average molecular weight is 391 g/mol. The van der Waals surface area contributed by atoms with E-state index in [0.717, 1.165) is 5.56 Å². The monoisotopic (exact) mass is 390 g/mol.